The van der Waals surface area contributed by atoms with Crippen LogP contribution in [0.25, 0.3) is 0 Å². The van der Waals surface area contributed by atoms with Crippen molar-refractivity contribution in [1.82, 2.24) is 15.0 Å². The van der Waals surface area contributed by atoms with Gasteiger partial charge in [0.2, 0.25) is 17.8 Å². The molecule has 1 aliphatic carbocycles. The zero-order chi connectivity index (χ0) is 13.8. The molecule has 3 rings (SSSR count). The molecule has 1 aliphatic heterocycles. The molecule has 6 heteroatoms. The summed E-state index contributed by atoms with van der Waals surface area (Å²) in [5.41, 5.74) is 0. The van der Waals surface area contributed by atoms with Crippen molar-refractivity contribution in [3.05, 3.63) is 0 Å². The van der Waals surface area contributed by atoms with Gasteiger partial charge in [-0.1, -0.05) is 6.92 Å². The number of nitrogens with one attached hydrogen (secondary N) is 2. The van der Waals surface area contributed by atoms with E-state index in [0.29, 0.717) is 12.0 Å². The lowest BCUT2D eigenvalue weighted by Gasteiger charge is -2.27. The fourth-order valence-corrected chi connectivity index (χ4v) is 2.54. The van der Waals surface area contributed by atoms with Crippen LogP contribution in [0.2, 0.25) is 0 Å². The minimum Gasteiger partial charge on any atom is -0.354 e. The van der Waals surface area contributed by atoms with Crippen molar-refractivity contribution in [1.29, 1.82) is 0 Å². The molecule has 1 aromatic heterocycles. The van der Waals surface area contributed by atoms with Crippen molar-refractivity contribution in [2.24, 2.45) is 0 Å². The Hall–Kier alpha value is -1.59. The largest absolute Gasteiger partial charge is 0.354 e. The smallest absolute Gasteiger partial charge is 0.231 e. The van der Waals surface area contributed by atoms with Gasteiger partial charge in [0.05, 0.1) is 0 Å². The van der Waals surface area contributed by atoms with Crippen LogP contribution >= 0.6 is 0 Å². The van der Waals surface area contributed by atoms with Crippen LogP contribution in [0.1, 0.15) is 45.4 Å². The normalized spacial score (nSPS) is 18.9. The average Bonchev–Trinajstić information content (AvgIpc) is 2.94. The molecule has 0 atom stereocenters. The maximum absolute atomic E-state index is 4.60. The van der Waals surface area contributed by atoms with Gasteiger partial charge in [0, 0.05) is 25.7 Å². The van der Waals surface area contributed by atoms with Gasteiger partial charge in [0.15, 0.2) is 0 Å². The summed E-state index contributed by atoms with van der Waals surface area (Å²) in [7, 11) is 0. The molecule has 6 nitrogen and oxygen atoms in total. The van der Waals surface area contributed by atoms with Gasteiger partial charge >= 0.3 is 0 Å². The Kier molecular flexibility index (Phi) is 4.18. The van der Waals surface area contributed by atoms with Crippen LogP contribution in [-0.4, -0.2) is 40.6 Å². The molecule has 110 valence electrons. The van der Waals surface area contributed by atoms with Crippen molar-refractivity contribution in [3.8, 4) is 0 Å². The van der Waals surface area contributed by atoms with Crippen LogP contribution in [0.15, 0.2) is 0 Å². The maximum Gasteiger partial charge on any atom is 0.231 e. The van der Waals surface area contributed by atoms with Crippen molar-refractivity contribution >= 4 is 17.8 Å². The molecule has 2 N–H and O–H groups in total. The highest BCUT2D eigenvalue weighted by Crippen LogP contribution is 2.24. The molecular formula is C14H24N6. The molecule has 0 aromatic carbocycles. The Bertz CT molecular complexity index is 439. The van der Waals surface area contributed by atoms with E-state index in [1.165, 1.54) is 32.1 Å². The fraction of sp³-hybridized carbons (Fsp3) is 0.786. The third-order valence-corrected chi connectivity index (χ3v) is 3.98. The minimum absolute atomic E-state index is 0.544. The molecule has 1 saturated heterocycles. The Morgan fingerprint density at radius 3 is 2.45 bits per heavy atom. The summed E-state index contributed by atoms with van der Waals surface area (Å²) in [6.07, 6.45) is 7.28. The first-order valence-corrected chi connectivity index (χ1v) is 7.86. The summed E-state index contributed by atoms with van der Waals surface area (Å²) >= 11 is 0. The standard InChI is InChI=1S/C14H24N6/c1-2-8-15-12-17-13(16-11-6-5-7-11)19-14(18-12)20-9-3-4-10-20/h11H,2-10H2,1H3,(H2,15,16,17,18,19). The second kappa shape index (κ2) is 6.24. The quantitative estimate of drug-likeness (QED) is 0.831. The second-order valence-corrected chi connectivity index (χ2v) is 5.68. The topological polar surface area (TPSA) is 66.0 Å². The van der Waals surface area contributed by atoms with Gasteiger partial charge in [-0.15, -0.1) is 0 Å². The van der Waals surface area contributed by atoms with Gasteiger partial charge in [0.1, 0.15) is 0 Å². The minimum atomic E-state index is 0.544. The van der Waals surface area contributed by atoms with Gasteiger partial charge in [-0.2, -0.15) is 15.0 Å². The summed E-state index contributed by atoms with van der Waals surface area (Å²) in [6.45, 7) is 5.15. The Morgan fingerprint density at radius 2 is 1.80 bits per heavy atom. The molecule has 0 amide bonds. The zero-order valence-corrected chi connectivity index (χ0v) is 12.2. The van der Waals surface area contributed by atoms with E-state index in [1.807, 2.05) is 0 Å². The van der Waals surface area contributed by atoms with E-state index >= 15 is 0 Å². The third-order valence-electron chi connectivity index (χ3n) is 3.98. The Balaban J connectivity index is 1.77. The van der Waals surface area contributed by atoms with E-state index < -0.39 is 0 Å². The van der Waals surface area contributed by atoms with Crippen molar-refractivity contribution < 1.29 is 0 Å². The summed E-state index contributed by atoms with van der Waals surface area (Å²) in [5.74, 6) is 2.24. The van der Waals surface area contributed by atoms with E-state index in [4.69, 9.17) is 0 Å². The molecule has 20 heavy (non-hydrogen) atoms. The average molecular weight is 276 g/mol. The summed E-state index contributed by atoms with van der Waals surface area (Å²) in [6, 6.07) is 0.544. The lowest BCUT2D eigenvalue weighted by molar-refractivity contribution is 0.443. The van der Waals surface area contributed by atoms with Gasteiger partial charge in [-0.25, -0.2) is 0 Å². The molecule has 2 fully saturated rings. The molecule has 1 aromatic rings. The number of hydrogen-bond acceptors (Lipinski definition) is 6. The highest BCUT2D eigenvalue weighted by molar-refractivity contribution is 5.44. The summed E-state index contributed by atoms with van der Waals surface area (Å²) in [5, 5.41) is 6.71. The zero-order valence-electron chi connectivity index (χ0n) is 12.2. The lowest BCUT2D eigenvalue weighted by atomic mass is 9.93. The molecular weight excluding hydrogens is 252 g/mol. The van der Waals surface area contributed by atoms with Crippen LogP contribution in [0.5, 0.6) is 0 Å². The molecule has 2 aliphatic rings. The molecule has 0 radical (unpaired) electrons. The van der Waals surface area contributed by atoms with Gasteiger partial charge < -0.3 is 15.5 Å². The lowest BCUT2D eigenvalue weighted by Crippen LogP contribution is -2.29. The molecule has 1 saturated carbocycles. The SMILES string of the molecule is CCCNc1nc(NC2CCC2)nc(N2CCCC2)n1. The summed E-state index contributed by atoms with van der Waals surface area (Å²) in [4.78, 5) is 15.9. The van der Waals surface area contributed by atoms with Crippen LogP contribution in [0.3, 0.4) is 0 Å². The highest BCUT2D eigenvalue weighted by atomic mass is 15.3. The fourth-order valence-electron chi connectivity index (χ4n) is 2.54. The van der Waals surface area contributed by atoms with Gasteiger partial charge in [-0.3, -0.25) is 0 Å². The predicted octanol–water partition coefficient (Wildman–Crippen LogP) is 2.26. The Labute approximate surface area is 120 Å². The van der Waals surface area contributed by atoms with Crippen molar-refractivity contribution in [2.45, 2.75) is 51.5 Å². The van der Waals surface area contributed by atoms with Gasteiger partial charge in [-0.05, 0) is 38.5 Å². The van der Waals surface area contributed by atoms with Crippen LogP contribution < -0.4 is 15.5 Å². The molecule has 2 heterocycles. The van der Waals surface area contributed by atoms with E-state index in [2.05, 4.69) is 37.4 Å². The van der Waals surface area contributed by atoms with Crippen molar-refractivity contribution in [3.63, 3.8) is 0 Å². The first-order chi connectivity index (χ1) is 9.85. The van der Waals surface area contributed by atoms with E-state index in [1.54, 1.807) is 0 Å². The number of nitrogens with zero attached hydrogens (tertiary/aromatic N) is 4. The van der Waals surface area contributed by atoms with E-state index in [0.717, 1.165) is 38.0 Å². The second-order valence-electron chi connectivity index (χ2n) is 5.68. The first kappa shape index (κ1) is 13.4. The Morgan fingerprint density at radius 1 is 1.05 bits per heavy atom. The molecule has 0 spiro atoms. The number of aromatic nitrogens is 3. The van der Waals surface area contributed by atoms with E-state index in [-0.39, 0.29) is 0 Å². The predicted molar refractivity (Wildman–Crippen MR) is 81.3 cm³/mol. The number of anilines is 3. The van der Waals surface area contributed by atoms with Crippen LogP contribution in [0.4, 0.5) is 17.8 Å². The van der Waals surface area contributed by atoms with Crippen LogP contribution in [-0.2, 0) is 0 Å². The third kappa shape index (κ3) is 3.11. The molecule has 0 bridgehead atoms. The number of rotatable bonds is 6. The number of hydrogen-bond donors (Lipinski definition) is 2. The first-order valence-electron chi connectivity index (χ1n) is 7.86. The van der Waals surface area contributed by atoms with Gasteiger partial charge in [0.25, 0.3) is 0 Å². The highest BCUT2D eigenvalue weighted by Gasteiger charge is 2.21. The summed E-state index contributed by atoms with van der Waals surface area (Å²) < 4.78 is 0. The monoisotopic (exact) mass is 276 g/mol. The van der Waals surface area contributed by atoms with E-state index in [9.17, 15) is 0 Å². The maximum atomic E-state index is 4.60. The van der Waals surface area contributed by atoms with Crippen LogP contribution in [0, 0.1) is 0 Å². The van der Waals surface area contributed by atoms with Crippen molar-refractivity contribution in [2.75, 3.05) is 35.2 Å². The molecule has 0 unspecified atom stereocenters.